The maximum Gasteiger partial charge on any atom is 0.259 e. The van der Waals surface area contributed by atoms with Gasteiger partial charge in [0, 0.05) is 5.69 Å². The smallest absolute Gasteiger partial charge is 0.259 e. The van der Waals surface area contributed by atoms with Gasteiger partial charge in [-0.1, -0.05) is 0 Å². The Morgan fingerprint density at radius 3 is 2.43 bits per heavy atom. The van der Waals surface area contributed by atoms with Gasteiger partial charge in [-0.25, -0.2) is 0 Å². The molecule has 0 aliphatic rings. The highest BCUT2D eigenvalue weighted by atomic mass is 32.1. The van der Waals surface area contributed by atoms with Crippen LogP contribution in [0.1, 0.15) is 0 Å². The van der Waals surface area contributed by atoms with Gasteiger partial charge in [0.2, 0.25) is 4.77 Å². The topological polar surface area (TPSA) is 86.6 Å². The molecule has 0 radical (unpaired) electrons. The first-order valence-corrected chi connectivity index (χ1v) is 6.61. The van der Waals surface area contributed by atoms with Crippen LogP contribution in [0.15, 0.2) is 41.2 Å². The van der Waals surface area contributed by atoms with Gasteiger partial charge >= 0.3 is 0 Å². The van der Waals surface area contributed by atoms with Crippen molar-refractivity contribution in [2.75, 3.05) is 7.11 Å². The van der Waals surface area contributed by atoms with Gasteiger partial charge in [0.25, 0.3) is 5.56 Å². The fraction of sp³-hybridized carbons (Fsp3) is 0.0714. The molecule has 2 heterocycles. The molecule has 0 fully saturated rings. The summed E-state index contributed by atoms with van der Waals surface area (Å²) in [5.41, 5.74) is 1.82. The van der Waals surface area contributed by atoms with Crippen LogP contribution in [-0.4, -0.2) is 27.3 Å². The van der Waals surface area contributed by atoms with Crippen LogP contribution in [-0.2, 0) is 0 Å². The molecule has 0 spiro atoms. The number of pyridine rings is 1. The van der Waals surface area contributed by atoms with Gasteiger partial charge < -0.3 is 9.72 Å². The number of H-pyrrole nitrogens is 3. The fourth-order valence-corrected chi connectivity index (χ4v) is 2.14. The van der Waals surface area contributed by atoms with E-state index in [1.165, 1.54) is 0 Å². The van der Waals surface area contributed by atoms with Gasteiger partial charge in [-0.3, -0.25) is 15.0 Å². The first-order chi connectivity index (χ1) is 10.2. The number of aromatic nitrogens is 4. The average Bonchev–Trinajstić information content (AvgIpc) is 2.93. The number of nitrogens with one attached hydrogen (secondary N) is 3. The lowest BCUT2D eigenvalue weighted by molar-refractivity contribution is 0.415. The molecular weight excluding hydrogens is 288 g/mol. The fourth-order valence-electron chi connectivity index (χ4n) is 2.00. The highest BCUT2D eigenvalue weighted by molar-refractivity contribution is 7.71. The Kier molecular flexibility index (Phi) is 3.41. The summed E-state index contributed by atoms with van der Waals surface area (Å²) in [7, 11) is 1.61. The normalized spacial score (nSPS) is 10.5. The van der Waals surface area contributed by atoms with Crippen LogP contribution in [0.2, 0.25) is 0 Å². The molecule has 0 aliphatic heterocycles. The van der Waals surface area contributed by atoms with E-state index in [0.717, 1.165) is 17.0 Å². The Bertz CT molecular complexity index is 877. The molecule has 3 N–H and O–H groups in total. The Labute approximate surface area is 124 Å². The number of methoxy groups -OCH3 is 1. The van der Waals surface area contributed by atoms with E-state index in [2.05, 4.69) is 20.2 Å². The van der Waals surface area contributed by atoms with E-state index in [9.17, 15) is 4.79 Å². The number of aromatic amines is 3. The molecule has 106 valence electrons. The third-order valence-electron chi connectivity index (χ3n) is 3.07. The molecule has 0 saturated carbocycles. The van der Waals surface area contributed by atoms with Crippen LogP contribution < -0.4 is 10.3 Å². The standard InChI is InChI=1S/C14H12N4O2S/c1-20-9-4-2-8(3-5-9)11-7-6-10(13(19)15-11)12-16-14(21)18-17-12/h2-7H,1H3,(H,15,19)(H2,16,17,18,21). The van der Waals surface area contributed by atoms with Gasteiger partial charge in [-0.05, 0) is 54.2 Å². The average molecular weight is 300 g/mol. The Morgan fingerprint density at radius 1 is 1.10 bits per heavy atom. The second-order valence-electron chi connectivity index (χ2n) is 4.36. The van der Waals surface area contributed by atoms with Crippen LogP contribution in [0.5, 0.6) is 5.75 Å². The highest BCUT2D eigenvalue weighted by Crippen LogP contribution is 2.20. The van der Waals surface area contributed by atoms with Gasteiger partial charge in [-0.15, -0.1) is 0 Å². The minimum Gasteiger partial charge on any atom is -0.497 e. The predicted octanol–water partition coefficient (Wildman–Crippen LogP) is 2.50. The summed E-state index contributed by atoms with van der Waals surface area (Å²) >= 11 is 4.88. The predicted molar refractivity (Wildman–Crippen MR) is 81.8 cm³/mol. The van der Waals surface area contributed by atoms with E-state index in [0.29, 0.717) is 16.2 Å². The monoisotopic (exact) mass is 300 g/mol. The maximum absolute atomic E-state index is 12.2. The van der Waals surface area contributed by atoms with Crippen molar-refractivity contribution >= 4 is 12.2 Å². The summed E-state index contributed by atoms with van der Waals surface area (Å²) in [6.07, 6.45) is 0. The van der Waals surface area contributed by atoms with Gasteiger partial charge in [0.1, 0.15) is 5.75 Å². The third-order valence-corrected chi connectivity index (χ3v) is 3.26. The van der Waals surface area contributed by atoms with E-state index in [1.807, 2.05) is 30.3 Å². The first-order valence-electron chi connectivity index (χ1n) is 6.20. The van der Waals surface area contributed by atoms with Crippen LogP contribution in [0.4, 0.5) is 0 Å². The maximum atomic E-state index is 12.2. The lowest BCUT2D eigenvalue weighted by Gasteiger charge is -2.04. The molecule has 3 aromatic rings. The van der Waals surface area contributed by atoms with Gasteiger partial charge in [0.15, 0.2) is 5.82 Å². The summed E-state index contributed by atoms with van der Waals surface area (Å²) in [6, 6.07) is 11.0. The molecule has 21 heavy (non-hydrogen) atoms. The lowest BCUT2D eigenvalue weighted by atomic mass is 10.1. The Balaban J connectivity index is 2.00. The zero-order valence-corrected chi connectivity index (χ0v) is 12.0. The molecule has 7 heteroatoms. The van der Waals surface area contributed by atoms with Crippen molar-refractivity contribution in [3.63, 3.8) is 0 Å². The number of hydrogen-bond acceptors (Lipinski definition) is 4. The third kappa shape index (κ3) is 2.63. The van der Waals surface area contributed by atoms with Crippen molar-refractivity contribution in [2.24, 2.45) is 0 Å². The largest absolute Gasteiger partial charge is 0.497 e. The molecule has 0 unspecified atom stereocenters. The van der Waals surface area contributed by atoms with Crippen molar-refractivity contribution in [1.82, 2.24) is 20.2 Å². The number of hydrogen-bond donors (Lipinski definition) is 3. The van der Waals surface area contributed by atoms with Crippen LogP contribution >= 0.6 is 12.2 Å². The number of nitrogens with zero attached hydrogens (tertiary/aromatic N) is 1. The van der Waals surface area contributed by atoms with Crippen molar-refractivity contribution in [3.05, 3.63) is 51.5 Å². The zero-order chi connectivity index (χ0) is 14.8. The zero-order valence-electron chi connectivity index (χ0n) is 11.1. The molecule has 0 aliphatic carbocycles. The molecule has 0 saturated heterocycles. The quantitative estimate of drug-likeness (QED) is 0.649. The van der Waals surface area contributed by atoms with E-state index in [-0.39, 0.29) is 5.56 Å². The summed E-state index contributed by atoms with van der Waals surface area (Å²) < 4.78 is 5.42. The summed E-state index contributed by atoms with van der Waals surface area (Å²) in [5.74, 6) is 1.18. The molecule has 0 amide bonds. The van der Waals surface area contributed by atoms with Crippen LogP contribution in [0.3, 0.4) is 0 Å². The number of benzene rings is 1. The summed E-state index contributed by atoms with van der Waals surface area (Å²) in [6.45, 7) is 0. The SMILES string of the molecule is COc1ccc(-c2ccc(-c3nc(=S)[nH][nH]3)c(=O)[nH]2)cc1. The minimum atomic E-state index is -0.235. The van der Waals surface area contributed by atoms with Crippen molar-refractivity contribution in [3.8, 4) is 28.4 Å². The molecular formula is C14H12N4O2S. The summed E-state index contributed by atoms with van der Waals surface area (Å²) in [5, 5.41) is 5.43. The second-order valence-corrected chi connectivity index (χ2v) is 4.75. The highest BCUT2D eigenvalue weighted by Gasteiger charge is 2.08. The summed E-state index contributed by atoms with van der Waals surface area (Å²) in [4.78, 5) is 19.0. The molecule has 2 aromatic heterocycles. The number of ether oxygens (including phenoxy) is 1. The van der Waals surface area contributed by atoms with Gasteiger partial charge in [-0.2, -0.15) is 4.98 Å². The minimum absolute atomic E-state index is 0.235. The van der Waals surface area contributed by atoms with Crippen LogP contribution in [0.25, 0.3) is 22.6 Å². The van der Waals surface area contributed by atoms with Crippen molar-refractivity contribution < 1.29 is 4.74 Å². The van der Waals surface area contributed by atoms with Crippen LogP contribution in [0, 0.1) is 4.77 Å². The number of rotatable bonds is 3. The van der Waals surface area contributed by atoms with E-state index < -0.39 is 0 Å². The van der Waals surface area contributed by atoms with Crippen molar-refractivity contribution in [2.45, 2.75) is 0 Å². The molecule has 1 aromatic carbocycles. The first kappa shape index (κ1) is 13.3. The Hall–Kier alpha value is -2.67. The molecule has 0 atom stereocenters. The van der Waals surface area contributed by atoms with Crippen molar-refractivity contribution in [1.29, 1.82) is 0 Å². The molecule has 0 bridgehead atoms. The van der Waals surface area contributed by atoms with E-state index in [1.54, 1.807) is 13.2 Å². The second kappa shape index (κ2) is 5.37. The molecule has 3 rings (SSSR count). The lowest BCUT2D eigenvalue weighted by Crippen LogP contribution is -2.10. The van der Waals surface area contributed by atoms with Gasteiger partial charge in [0.05, 0.1) is 12.7 Å². The van der Waals surface area contributed by atoms with E-state index in [4.69, 9.17) is 17.0 Å². The Morgan fingerprint density at radius 2 is 1.86 bits per heavy atom. The van der Waals surface area contributed by atoms with E-state index >= 15 is 0 Å². The molecule has 6 nitrogen and oxygen atoms in total.